The summed E-state index contributed by atoms with van der Waals surface area (Å²) in [4.78, 5) is 0. The fraction of sp³-hybridized carbons (Fsp3) is 1.00. The van der Waals surface area contributed by atoms with Crippen molar-refractivity contribution >= 4 is 0 Å². The summed E-state index contributed by atoms with van der Waals surface area (Å²) in [6, 6.07) is 0. The molecule has 6 fully saturated rings. The summed E-state index contributed by atoms with van der Waals surface area (Å²) in [6.45, 7) is 6.79. The number of aliphatic hydroxyl groups excluding tert-OH is 4. The van der Waals surface area contributed by atoms with E-state index in [1.165, 1.54) is 0 Å². The summed E-state index contributed by atoms with van der Waals surface area (Å²) >= 11 is 0. The van der Waals surface area contributed by atoms with E-state index in [9.17, 15) is 40.9 Å². The normalized spacial score (nSPS) is 64.7. The van der Waals surface area contributed by atoms with Gasteiger partial charge in [0.15, 0.2) is 12.1 Å². The lowest BCUT2D eigenvalue weighted by Crippen LogP contribution is -2.76. The summed E-state index contributed by atoms with van der Waals surface area (Å²) in [5, 5.41) is 87.9. The van der Waals surface area contributed by atoms with Gasteiger partial charge in [-0.15, -0.1) is 0 Å². The number of aliphatic hydroxyl groups is 8. The minimum atomic E-state index is -1.73. The Bertz CT molecular complexity index is 961. The highest BCUT2D eigenvalue weighted by Gasteiger charge is 2.92. The van der Waals surface area contributed by atoms with Crippen molar-refractivity contribution in [3.05, 3.63) is 0 Å². The number of hydrogen-bond donors (Lipinski definition) is 8. The molecule has 16 unspecified atom stereocenters. The Labute approximate surface area is 216 Å². The van der Waals surface area contributed by atoms with Gasteiger partial charge in [-0.3, -0.25) is 0 Å². The van der Waals surface area contributed by atoms with E-state index in [0.717, 1.165) is 0 Å². The SMILES string of the molecule is CC(COC1OC(CO)C(O)C(O)C1O)C1CC2C3(C)CC4(O)OC(C5C(C)(O)CCC53O)C2(O)C14C. The summed E-state index contributed by atoms with van der Waals surface area (Å²) in [5.74, 6) is -3.45. The van der Waals surface area contributed by atoms with Gasteiger partial charge in [0.25, 0.3) is 0 Å². The van der Waals surface area contributed by atoms with Crippen molar-refractivity contribution in [3.63, 3.8) is 0 Å². The maximum Gasteiger partial charge on any atom is 0.186 e. The van der Waals surface area contributed by atoms with Gasteiger partial charge in [0.05, 0.1) is 35.9 Å². The Morgan fingerprint density at radius 3 is 2.30 bits per heavy atom. The Kier molecular flexibility index (Phi) is 5.53. The van der Waals surface area contributed by atoms with Crippen LogP contribution in [-0.2, 0) is 14.2 Å². The van der Waals surface area contributed by atoms with Crippen molar-refractivity contribution in [1.29, 1.82) is 0 Å². The highest BCUT2D eigenvalue weighted by molar-refractivity contribution is 5.38. The zero-order valence-electron chi connectivity index (χ0n) is 21.8. The summed E-state index contributed by atoms with van der Waals surface area (Å²) in [6.07, 6.45) is -6.48. The van der Waals surface area contributed by atoms with Gasteiger partial charge in [0, 0.05) is 17.8 Å². The van der Waals surface area contributed by atoms with Crippen LogP contribution in [0.25, 0.3) is 0 Å². The van der Waals surface area contributed by atoms with Crippen LogP contribution in [0.1, 0.15) is 53.4 Å². The third kappa shape index (κ3) is 2.80. The van der Waals surface area contributed by atoms with E-state index < -0.39 is 82.8 Å². The summed E-state index contributed by atoms with van der Waals surface area (Å²) < 4.78 is 17.6. The first-order valence-electron chi connectivity index (χ1n) is 13.5. The molecule has 2 heterocycles. The highest BCUT2D eigenvalue weighted by atomic mass is 16.7. The molecule has 11 heteroatoms. The fourth-order valence-corrected chi connectivity index (χ4v) is 10.1. The molecule has 0 spiro atoms. The lowest BCUT2D eigenvalue weighted by Gasteiger charge is -2.65. The van der Waals surface area contributed by atoms with Crippen LogP contribution in [0, 0.1) is 34.5 Å². The molecule has 5 bridgehead atoms. The topological polar surface area (TPSA) is 190 Å². The molecule has 37 heavy (non-hydrogen) atoms. The van der Waals surface area contributed by atoms with E-state index >= 15 is 0 Å². The van der Waals surface area contributed by atoms with Gasteiger partial charge in [-0.05, 0) is 43.9 Å². The Morgan fingerprint density at radius 1 is 0.973 bits per heavy atom. The molecule has 11 nitrogen and oxygen atoms in total. The zero-order chi connectivity index (χ0) is 27.1. The summed E-state index contributed by atoms with van der Waals surface area (Å²) in [5.41, 5.74) is -6.04. The third-order valence-electron chi connectivity index (χ3n) is 12.1. The Balaban J connectivity index is 1.30. The molecule has 4 aliphatic carbocycles. The van der Waals surface area contributed by atoms with Crippen molar-refractivity contribution < 1.29 is 55.1 Å². The van der Waals surface area contributed by atoms with E-state index in [2.05, 4.69) is 0 Å². The van der Waals surface area contributed by atoms with E-state index in [1.54, 1.807) is 6.92 Å². The molecule has 0 aromatic heterocycles. The average Bonchev–Trinajstić information content (AvgIpc) is 3.22. The number of hydrogen-bond acceptors (Lipinski definition) is 11. The first-order chi connectivity index (χ1) is 17.0. The van der Waals surface area contributed by atoms with Crippen LogP contribution in [0.4, 0.5) is 0 Å². The van der Waals surface area contributed by atoms with Gasteiger partial charge in [-0.2, -0.15) is 0 Å². The van der Waals surface area contributed by atoms with E-state index in [4.69, 9.17) is 14.2 Å². The largest absolute Gasteiger partial charge is 0.394 e. The first kappa shape index (κ1) is 26.8. The number of ether oxygens (including phenoxy) is 3. The Morgan fingerprint density at radius 2 is 1.65 bits per heavy atom. The molecule has 0 amide bonds. The molecule has 6 aliphatic rings. The average molecular weight is 531 g/mol. The third-order valence-corrected chi connectivity index (χ3v) is 12.1. The van der Waals surface area contributed by atoms with E-state index in [1.807, 2.05) is 20.8 Å². The maximum absolute atomic E-state index is 12.5. The molecule has 4 saturated carbocycles. The van der Waals surface area contributed by atoms with Crippen LogP contribution in [0.3, 0.4) is 0 Å². The predicted molar refractivity (Wildman–Crippen MR) is 124 cm³/mol. The first-order valence-corrected chi connectivity index (χ1v) is 13.5. The van der Waals surface area contributed by atoms with Gasteiger partial charge in [0.2, 0.25) is 0 Å². The van der Waals surface area contributed by atoms with Crippen LogP contribution in [-0.4, -0.2) is 113 Å². The second-order valence-corrected chi connectivity index (χ2v) is 13.6. The van der Waals surface area contributed by atoms with Gasteiger partial charge < -0.3 is 55.1 Å². The van der Waals surface area contributed by atoms with E-state index in [0.29, 0.717) is 19.3 Å². The molecular formula is C26H42O11. The number of rotatable bonds is 5. The van der Waals surface area contributed by atoms with Crippen molar-refractivity contribution in [1.82, 2.24) is 0 Å². The zero-order valence-corrected chi connectivity index (χ0v) is 21.8. The second-order valence-electron chi connectivity index (χ2n) is 13.6. The van der Waals surface area contributed by atoms with Gasteiger partial charge in [-0.25, -0.2) is 0 Å². The molecular weight excluding hydrogens is 488 g/mol. The van der Waals surface area contributed by atoms with Crippen LogP contribution in [0.5, 0.6) is 0 Å². The minimum absolute atomic E-state index is 0.0363. The lowest BCUT2D eigenvalue weighted by atomic mass is 9.41. The molecule has 2 saturated heterocycles. The van der Waals surface area contributed by atoms with Crippen LogP contribution >= 0.6 is 0 Å². The molecule has 0 radical (unpaired) electrons. The summed E-state index contributed by atoms with van der Waals surface area (Å²) in [7, 11) is 0. The van der Waals surface area contributed by atoms with Crippen molar-refractivity contribution in [2.75, 3.05) is 13.2 Å². The van der Waals surface area contributed by atoms with Crippen LogP contribution in [0.2, 0.25) is 0 Å². The monoisotopic (exact) mass is 530 g/mol. The van der Waals surface area contributed by atoms with Crippen LogP contribution < -0.4 is 0 Å². The second kappa shape index (κ2) is 7.64. The quantitative estimate of drug-likeness (QED) is 0.200. The van der Waals surface area contributed by atoms with Gasteiger partial charge in [0.1, 0.15) is 30.0 Å². The molecule has 6 rings (SSSR count). The highest BCUT2D eigenvalue weighted by Crippen LogP contribution is 2.83. The van der Waals surface area contributed by atoms with Crippen LogP contribution in [0.15, 0.2) is 0 Å². The molecule has 212 valence electrons. The van der Waals surface area contributed by atoms with Crippen molar-refractivity contribution in [2.45, 2.75) is 113 Å². The van der Waals surface area contributed by atoms with Gasteiger partial charge in [-0.1, -0.05) is 20.8 Å². The number of fused-ring (bicyclic) bond motifs is 3. The lowest BCUT2D eigenvalue weighted by molar-refractivity contribution is -0.312. The smallest absolute Gasteiger partial charge is 0.186 e. The van der Waals surface area contributed by atoms with Gasteiger partial charge >= 0.3 is 0 Å². The molecule has 0 aromatic carbocycles. The fourth-order valence-electron chi connectivity index (χ4n) is 10.1. The molecule has 0 aromatic rings. The molecule has 8 N–H and O–H groups in total. The predicted octanol–water partition coefficient (Wildman–Crippen LogP) is -1.78. The van der Waals surface area contributed by atoms with Crippen molar-refractivity contribution in [2.24, 2.45) is 34.5 Å². The Hall–Kier alpha value is -0.440. The minimum Gasteiger partial charge on any atom is -0.394 e. The maximum atomic E-state index is 12.5. The van der Waals surface area contributed by atoms with Crippen molar-refractivity contribution in [3.8, 4) is 0 Å². The van der Waals surface area contributed by atoms with E-state index in [-0.39, 0.29) is 30.8 Å². The molecule has 2 aliphatic heterocycles. The molecule has 16 atom stereocenters. The standard InChI is InChI=1S/C26H42O11/c1-11(9-35-20-17(30)16(29)15(28)13(8-27)36-20)12-7-14-21(2)10-25(33)23(12,4)26(14,34)19(37-25)18-22(3,31)5-6-24(18,21)32/h11-20,27-34H,5-10H2,1-4H3.